The molecule has 1 aromatic heterocycles. The zero-order valence-corrected chi connectivity index (χ0v) is 18.7. The number of nitrogens with zero attached hydrogens (tertiary/aromatic N) is 3. The Morgan fingerprint density at radius 1 is 0.943 bits per heavy atom. The number of carbonyl (C=O) groups excluding carboxylic acids is 1. The summed E-state index contributed by atoms with van der Waals surface area (Å²) in [6.07, 6.45) is 0. The highest BCUT2D eigenvalue weighted by Gasteiger charge is 2.36. The molecule has 176 valence electrons. The highest BCUT2D eigenvalue weighted by Crippen LogP contribution is 2.39. The Morgan fingerprint density at radius 2 is 1.69 bits per heavy atom. The zero-order chi connectivity index (χ0) is 24.7. The quantitative estimate of drug-likeness (QED) is 0.383. The fourth-order valence-electron chi connectivity index (χ4n) is 4.11. The van der Waals surface area contributed by atoms with Crippen molar-refractivity contribution in [2.45, 2.75) is 19.9 Å². The third-order valence-electron chi connectivity index (χ3n) is 5.81. The van der Waals surface area contributed by atoms with Crippen LogP contribution in [0.25, 0.3) is 17.0 Å². The Labute approximate surface area is 198 Å². The van der Waals surface area contributed by atoms with E-state index >= 15 is 0 Å². The molecule has 0 saturated carbocycles. The minimum Gasteiger partial charge on any atom is -0.334 e. The third kappa shape index (κ3) is 4.16. The fourth-order valence-corrected chi connectivity index (χ4v) is 4.11. The van der Waals surface area contributed by atoms with Crippen LogP contribution in [0.2, 0.25) is 0 Å². The molecular formula is C26H19F3N4O2. The monoisotopic (exact) mass is 476 g/mol. The summed E-state index contributed by atoms with van der Waals surface area (Å²) < 4.78 is 47.2. The predicted octanol–water partition coefficient (Wildman–Crippen LogP) is 6.16. The van der Waals surface area contributed by atoms with Gasteiger partial charge in [-0.15, -0.1) is 0 Å². The molecule has 1 unspecified atom stereocenters. The molecule has 9 heteroatoms. The molecule has 1 atom stereocenters. The second-order valence-electron chi connectivity index (χ2n) is 8.14. The van der Waals surface area contributed by atoms with Gasteiger partial charge in [0.1, 0.15) is 17.5 Å². The Bertz CT molecular complexity index is 1480. The minimum atomic E-state index is -0.809. The van der Waals surface area contributed by atoms with Crippen LogP contribution in [0.3, 0.4) is 0 Å². The van der Waals surface area contributed by atoms with Crippen LogP contribution in [0, 0.1) is 24.4 Å². The molecule has 2 amide bonds. The zero-order valence-electron chi connectivity index (χ0n) is 18.7. The first-order valence-corrected chi connectivity index (χ1v) is 10.7. The molecule has 0 radical (unpaired) electrons. The van der Waals surface area contributed by atoms with E-state index < -0.39 is 29.5 Å². The maximum atomic E-state index is 14.1. The number of carbonyl (C=O) groups is 1. The van der Waals surface area contributed by atoms with Gasteiger partial charge in [-0.3, -0.25) is 4.90 Å². The first kappa shape index (κ1) is 22.4. The van der Waals surface area contributed by atoms with Crippen molar-refractivity contribution in [3.05, 3.63) is 107 Å². The maximum Gasteiger partial charge on any atom is 0.326 e. The van der Waals surface area contributed by atoms with E-state index in [0.717, 1.165) is 0 Å². The van der Waals surface area contributed by atoms with Crippen molar-refractivity contribution < 1.29 is 22.5 Å². The van der Waals surface area contributed by atoms with Gasteiger partial charge >= 0.3 is 6.03 Å². The number of benzene rings is 3. The van der Waals surface area contributed by atoms with Crippen molar-refractivity contribution in [3.63, 3.8) is 0 Å². The number of hydrogen-bond donors (Lipinski definition) is 1. The lowest BCUT2D eigenvalue weighted by molar-refractivity contribution is 0.244. The molecule has 0 bridgehead atoms. The van der Waals surface area contributed by atoms with Crippen molar-refractivity contribution in [1.82, 2.24) is 15.5 Å². The first-order chi connectivity index (χ1) is 16.8. The van der Waals surface area contributed by atoms with Crippen LogP contribution in [0.1, 0.15) is 30.0 Å². The number of aromatic nitrogens is 2. The van der Waals surface area contributed by atoms with Crippen LogP contribution in [-0.2, 0) is 0 Å². The number of rotatable bonds is 4. The molecule has 5 rings (SSSR count). The molecule has 1 aliphatic heterocycles. The summed E-state index contributed by atoms with van der Waals surface area (Å²) in [5.41, 5.74) is 2.53. The predicted molar refractivity (Wildman–Crippen MR) is 124 cm³/mol. The van der Waals surface area contributed by atoms with Gasteiger partial charge in [-0.2, -0.15) is 4.98 Å². The SMILES string of the molecule is CC1=C(c2nc(-c3cccc(F)c3)no2)C(c2cccc(F)c2)NC(=O)N1c1ccc(F)c(C)c1. The first-order valence-electron chi connectivity index (χ1n) is 10.7. The summed E-state index contributed by atoms with van der Waals surface area (Å²) in [5, 5.41) is 6.84. The second kappa shape index (κ2) is 8.75. The highest BCUT2D eigenvalue weighted by molar-refractivity contribution is 6.01. The van der Waals surface area contributed by atoms with Gasteiger partial charge in [-0.25, -0.2) is 18.0 Å². The lowest BCUT2D eigenvalue weighted by Crippen LogP contribution is -2.46. The summed E-state index contributed by atoms with van der Waals surface area (Å²) >= 11 is 0. The third-order valence-corrected chi connectivity index (χ3v) is 5.81. The van der Waals surface area contributed by atoms with Gasteiger partial charge in [0, 0.05) is 11.3 Å². The maximum absolute atomic E-state index is 14.1. The van der Waals surface area contributed by atoms with Crippen LogP contribution in [0.15, 0.2) is 77.0 Å². The van der Waals surface area contributed by atoms with Gasteiger partial charge < -0.3 is 9.84 Å². The summed E-state index contributed by atoms with van der Waals surface area (Å²) in [7, 11) is 0. The van der Waals surface area contributed by atoms with Gasteiger partial charge in [0.2, 0.25) is 5.82 Å². The van der Waals surface area contributed by atoms with Crippen molar-refractivity contribution in [3.8, 4) is 11.4 Å². The van der Waals surface area contributed by atoms with E-state index in [9.17, 15) is 18.0 Å². The Hall–Kier alpha value is -4.40. The van der Waals surface area contributed by atoms with E-state index in [1.165, 1.54) is 53.4 Å². The number of amides is 2. The van der Waals surface area contributed by atoms with Crippen LogP contribution in [0.5, 0.6) is 0 Å². The lowest BCUT2D eigenvalue weighted by Gasteiger charge is -2.35. The molecule has 1 aliphatic rings. The fraction of sp³-hybridized carbons (Fsp3) is 0.115. The summed E-state index contributed by atoms with van der Waals surface area (Å²) in [4.78, 5) is 19.0. The molecule has 0 saturated heterocycles. The molecule has 35 heavy (non-hydrogen) atoms. The highest BCUT2D eigenvalue weighted by atomic mass is 19.1. The van der Waals surface area contributed by atoms with Crippen LogP contribution in [0.4, 0.5) is 23.7 Å². The van der Waals surface area contributed by atoms with E-state index in [0.29, 0.717) is 33.6 Å². The Kier molecular flexibility index (Phi) is 5.60. The van der Waals surface area contributed by atoms with Crippen molar-refractivity contribution in [1.29, 1.82) is 0 Å². The molecule has 0 fully saturated rings. The van der Waals surface area contributed by atoms with Gasteiger partial charge in [0.15, 0.2) is 0 Å². The number of hydrogen-bond acceptors (Lipinski definition) is 4. The summed E-state index contributed by atoms with van der Waals surface area (Å²) in [5.74, 6) is -1.11. The average Bonchev–Trinajstić information content (AvgIpc) is 3.31. The Balaban J connectivity index is 1.67. The van der Waals surface area contributed by atoms with Crippen LogP contribution < -0.4 is 10.2 Å². The minimum absolute atomic E-state index is 0.0693. The molecule has 1 N–H and O–H groups in total. The number of aryl methyl sites for hydroxylation is 1. The number of urea groups is 1. The van der Waals surface area contributed by atoms with E-state index in [1.807, 2.05) is 0 Å². The van der Waals surface area contributed by atoms with Gasteiger partial charge in [-0.1, -0.05) is 29.4 Å². The van der Waals surface area contributed by atoms with Gasteiger partial charge in [0.05, 0.1) is 17.3 Å². The number of allylic oxidation sites excluding steroid dienone is 1. The van der Waals surface area contributed by atoms with Gasteiger partial charge in [0.25, 0.3) is 5.89 Å². The van der Waals surface area contributed by atoms with Crippen LogP contribution >= 0.6 is 0 Å². The second-order valence-corrected chi connectivity index (χ2v) is 8.14. The number of anilines is 1. The van der Waals surface area contributed by atoms with Crippen molar-refractivity contribution >= 4 is 17.3 Å². The molecule has 4 aromatic rings. The summed E-state index contributed by atoms with van der Waals surface area (Å²) in [6.45, 7) is 3.28. The topological polar surface area (TPSA) is 71.3 Å². The summed E-state index contributed by atoms with van der Waals surface area (Å²) in [6, 6.07) is 14.6. The smallest absolute Gasteiger partial charge is 0.326 e. The van der Waals surface area contributed by atoms with Crippen LogP contribution in [-0.4, -0.2) is 16.2 Å². The molecule has 0 spiro atoms. The van der Waals surface area contributed by atoms with Crippen molar-refractivity contribution in [2.75, 3.05) is 4.90 Å². The number of halogens is 3. The van der Waals surface area contributed by atoms with Gasteiger partial charge in [-0.05, 0) is 67.4 Å². The molecule has 0 aliphatic carbocycles. The molecular weight excluding hydrogens is 457 g/mol. The molecule has 3 aromatic carbocycles. The number of nitrogens with one attached hydrogen (secondary N) is 1. The van der Waals surface area contributed by atoms with E-state index in [4.69, 9.17) is 4.52 Å². The molecule has 6 nitrogen and oxygen atoms in total. The lowest BCUT2D eigenvalue weighted by atomic mass is 9.94. The van der Waals surface area contributed by atoms with E-state index in [1.54, 1.807) is 32.0 Å². The normalized spacial score (nSPS) is 16.0. The van der Waals surface area contributed by atoms with E-state index in [-0.39, 0.29) is 11.7 Å². The average molecular weight is 476 g/mol. The van der Waals surface area contributed by atoms with E-state index in [2.05, 4.69) is 15.5 Å². The standard InChI is InChI=1S/C26H19F3N4O2/c1-14-11-20(9-10-21(14)29)33-15(2)22(23(30-26(33)34)16-5-3-7-18(27)12-16)25-31-24(32-35-25)17-6-4-8-19(28)13-17/h3-13,23H,1-2H3,(H,30,34). The molecule has 2 heterocycles. The Morgan fingerprint density at radius 3 is 2.40 bits per heavy atom. The largest absolute Gasteiger partial charge is 0.334 e. The van der Waals surface area contributed by atoms with Crippen molar-refractivity contribution in [2.24, 2.45) is 0 Å².